The summed E-state index contributed by atoms with van der Waals surface area (Å²) >= 11 is 0. The van der Waals surface area contributed by atoms with Crippen LogP contribution in [0.2, 0.25) is 0 Å². The molecule has 2 saturated heterocycles. The van der Waals surface area contributed by atoms with E-state index in [4.69, 9.17) is 0 Å². The van der Waals surface area contributed by atoms with E-state index >= 15 is 0 Å². The Balaban J connectivity index is 1.48. The number of amides is 2. The number of fused-ring (bicyclic) bond motifs is 1. The number of carbonyl (C=O) groups is 1. The molecule has 144 valence electrons. The zero-order chi connectivity index (χ0) is 18.8. The van der Waals surface area contributed by atoms with Gasteiger partial charge in [0, 0.05) is 36.6 Å². The maximum atomic E-state index is 12.9. The van der Waals surface area contributed by atoms with Gasteiger partial charge in [-0.2, -0.15) is 0 Å². The van der Waals surface area contributed by atoms with Crippen LogP contribution in [0.15, 0.2) is 36.5 Å². The number of benzene rings is 1. The molecule has 2 atom stereocenters. The molecule has 0 bridgehead atoms. The molecule has 0 spiro atoms. The minimum Gasteiger partial charge on any atom is -0.335 e. The molecule has 0 aliphatic carbocycles. The zero-order valence-corrected chi connectivity index (χ0v) is 16.4. The largest absolute Gasteiger partial charge is 0.335 e. The first-order valence-corrected chi connectivity index (χ1v) is 10.2. The van der Waals surface area contributed by atoms with E-state index in [1.165, 1.54) is 10.9 Å². The Labute approximate surface area is 161 Å². The molecule has 2 aromatic rings. The maximum Gasteiger partial charge on any atom is 0.317 e. The van der Waals surface area contributed by atoms with Crippen molar-refractivity contribution in [1.29, 1.82) is 0 Å². The van der Waals surface area contributed by atoms with Crippen LogP contribution in [0.1, 0.15) is 37.7 Å². The minimum absolute atomic E-state index is 0.111. The fourth-order valence-corrected chi connectivity index (χ4v) is 4.64. The van der Waals surface area contributed by atoms with E-state index in [1.54, 1.807) is 0 Å². The summed E-state index contributed by atoms with van der Waals surface area (Å²) in [6.07, 6.45) is 5.05. The second-order valence-electron chi connectivity index (χ2n) is 8.39. The highest BCUT2D eigenvalue weighted by Gasteiger charge is 2.31. The fraction of sp³-hybridized carbons (Fsp3) is 0.545. The first kappa shape index (κ1) is 18.2. The molecule has 1 aromatic heterocycles. The van der Waals surface area contributed by atoms with Crippen molar-refractivity contribution < 1.29 is 4.79 Å². The van der Waals surface area contributed by atoms with E-state index in [0.717, 1.165) is 51.0 Å². The molecule has 5 nitrogen and oxygen atoms in total. The third-order valence-corrected chi connectivity index (χ3v) is 6.11. The van der Waals surface area contributed by atoms with Gasteiger partial charge in [0.15, 0.2) is 0 Å². The number of rotatable bonds is 2. The summed E-state index contributed by atoms with van der Waals surface area (Å²) in [4.78, 5) is 21.8. The molecule has 0 radical (unpaired) electrons. The zero-order valence-electron chi connectivity index (χ0n) is 16.4. The molecule has 3 heterocycles. The Bertz CT molecular complexity index is 795. The molecule has 2 aliphatic rings. The van der Waals surface area contributed by atoms with Gasteiger partial charge in [0.05, 0.1) is 5.52 Å². The van der Waals surface area contributed by atoms with Crippen molar-refractivity contribution in [2.75, 3.05) is 33.2 Å². The smallest absolute Gasteiger partial charge is 0.317 e. The Morgan fingerprint density at radius 2 is 1.96 bits per heavy atom. The first-order chi connectivity index (χ1) is 13.1. The predicted molar refractivity (Wildman–Crippen MR) is 109 cm³/mol. The van der Waals surface area contributed by atoms with Gasteiger partial charge in [-0.25, -0.2) is 4.79 Å². The molecule has 2 aliphatic heterocycles. The quantitative estimate of drug-likeness (QED) is 0.885. The number of likely N-dealkylation sites (tertiary alicyclic amines) is 2. The number of aromatic nitrogens is 1. The van der Waals surface area contributed by atoms with Gasteiger partial charge in [-0.1, -0.05) is 25.1 Å². The second-order valence-corrected chi connectivity index (χ2v) is 8.39. The Hall–Kier alpha value is -2.14. The molecule has 4 rings (SSSR count). The van der Waals surface area contributed by atoms with Gasteiger partial charge in [0.1, 0.15) is 0 Å². The molecule has 27 heavy (non-hydrogen) atoms. The lowest BCUT2D eigenvalue weighted by atomic mass is 9.84. The van der Waals surface area contributed by atoms with Crippen molar-refractivity contribution in [3.63, 3.8) is 0 Å². The van der Waals surface area contributed by atoms with Gasteiger partial charge < -0.3 is 15.1 Å². The molecule has 0 saturated carbocycles. The predicted octanol–water partition coefficient (Wildman–Crippen LogP) is 3.46. The number of hydrogen-bond acceptors (Lipinski definition) is 3. The van der Waals surface area contributed by atoms with Crippen LogP contribution in [-0.2, 0) is 0 Å². The highest BCUT2D eigenvalue weighted by Crippen LogP contribution is 2.33. The third-order valence-electron chi connectivity index (χ3n) is 6.11. The van der Waals surface area contributed by atoms with Crippen LogP contribution < -0.4 is 5.32 Å². The highest BCUT2D eigenvalue weighted by molar-refractivity contribution is 5.83. The van der Waals surface area contributed by atoms with E-state index < -0.39 is 0 Å². The van der Waals surface area contributed by atoms with Gasteiger partial charge in [-0.15, -0.1) is 0 Å². The van der Waals surface area contributed by atoms with Crippen molar-refractivity contribution in [3.05, 3.63) is 42.1 Å². The molecular weight excluding hydrogens is 336 g/mol. The topological polar surface area (TPSA) is 48.5 Å². The molecule has 2 amide bonds. The number of piperidine rings is 2. The summed E-state index contributed by atoms with van der Waals surface area (Å²) in [6, 6.07) is 10.9. The van der Waals surface area contributed by atoms with Crippen LogP contribution in [0.3, 0.4) is 0 Å². The first-order valence-electron chi connectivity index (χ1n) is 10.2. The molecule has 1 aromatic carbocycles. The lowest BCUT2D eigenvalue weighted by molar-refractivity contribution is 0.150. The van der Waals surface area contributed by atoms with Crippen LogP contribution in [0.5, 0.6) is 0 Å². The molecule has 5 heteroatoms. The van der Waals surface area contributed by atoms with Crippen LogP contribution in [0, 0.1) is 5.92 Å². The third kappa shape index (κ3) is 4.08. The lowest BCUT2D eigenvalue weighted by Crippen LogP contribution is -2.52. The van der Waals surface area contributed by atoms with E-state index in [2.05, 4.69) is 53.4 Å². The Morgan fingerprint density at radius 1 is 1.15 bits per heavy atom. The number of hydrogen-bond donors (Lipinski definition) is 1. The molecular formula is C22H30N4O. The van der Waals surface area contributed by atoms with Crippen molar-refractivity contribution >= 4 is 16.9 Å². The minimum atomic E-state index is 0.111. The van der Waals surface area contributed by atoms with Gasteiger partial charge in [0.25, 0.3) is 0 Å². The number of nitrogens with one attached hydrogen (secondary N) is 1. The summed E-state index contributed by atoms with van der Waals surface area (Å²) < 4.78 is 0. The van der Waals surface area contributed by atoms with Crippen molar-refractivity contribution in [2.45, 2.75) is 38.1 Å². The summed E-state index contributed by atoms with van der Waals surface area (Å²) in [5.74, 6) is 0.865. The van der Waals surface area contributed by atoms with Crippen molar-refractivity contribution in [1.82, 2.24) is 20.1 Å². The lowest BCUT2D eigenvalue weighted by Gasteiger charge is -2.38. The number of nitrogens with zero attached hydrogens (tertiary/aromatic N) is 3. The monoisotopic (exact) mass is 366 g/mol. The van der Waals surface area contributed by atoms with Gasteiger partial charge in [-0.3, -0.25) is 4.98 Å². The Morgan fingerprint density at radius 3 is 2.78 bits per heavy atom. The normalized spacial score (nSPS) is 24.9. The summed E-state index contributed by atoms with van der Waals surface area (Å²) in [5.41, 5.74) is 2.36. The summed E-state index contributed by atoms with van der Waals surface area (Å²) in [5, 5.41) is 4.50. The van der Waals surface area contributed by atoms with Gasteiger partial charge in [0.2, 0.25) is 0 Å². The molecule has 0 unspecified atom stereocenters. The summed E-state index contributed by atoms with van der Waals surface area (Å²) in [7, 11) is 2.15. The van der Waals surface area contributed by atoms with Crippen molar-refractivity contribution in [3.8, 4) is 0 Å². The number of pyridine rings is 1. The standard InChI is InChI=1S/C22H30N4O/c1-16-13-17(19-5-3-7-21-20(19)6-4-10-23-21)15-26(14-16)22(27)24-18-8-11-25(2)12-9-18/h3-7,10,16-18H,8-9,11-15H2,1-2H3,(H,24,27)/t16-,17+/m1/s1. The number of urea groups is 1. The van der Waals surface area contributed by atoms with E-state index in [-0.39, 0.29) is 6.03 Å². The maximum absolute atomic E-state index is 12.9. The highest BCUT2D eigenvalue weighted by atomic mass is 16.2. The number of carbonyl (C=O) groups excluding carboxylic acids is 1. The Kier molecular flexibility index (Phi) is 5.30. The van der Waals surface area contributed by atoms with E-state index in [1.807, 2.05) is 17.2 Å². The molecule has 1 N–H and O–H groups in total. The SMILES string of the molecule is C[C@@H]1C[C@H](c2cccc3ncccc23)CN(C(=O)NC2CCN(C)CC2)C1. The second kappa shape index (κ2) is 7.85. The van der Waals surface area contributed by atoms with E-state index in [9.17, 15) is 4.79 Å². The fourth-order valence-electron chi connectivity index (χ4n) is 4.64. The van der Waals surface area contributed by atoms with Crippen LogP contribution >= 0.6 is 0 Å². The van der Waals surface area contributed by atoms with Crippen molar-refractivity contribution in [2.24, 2.45) is 5.92 Å². The van der Waals surface area contributed by atoms with Crippen LogP contribution in [-0.4, -0.2) is 60.1 Å². The van der Waals surface area contributed by atoms with E-state index in [0.29, 0.717) is 17.9 Å². The molecule has 2 fully saturated rings. The average molecular weight is 367 g/mol. The van der Waals surface area contributed by atoms with Gasteiger partial charge in [-0.05, 0) is 63.0 Å². The summed E-state index contributed by atoms with van der Waals surface area (Å²) in [6.45, 7) is 6.01. The van der Waals surface area contributed by atoms with Gasteiger partial charge >= 0.3 is 6.03 Å². The van der Waals surface area contributed by atoms with Crippen LogP contribution in [0.4, 0.5) is 4.79 Å². The average Bonchev–Trinajstić information content (AvgIpc) is 2.69. The van der Waals surface area contributed by atoms with Crippen LogP contribution in [0.25, 0.3) is 10.9 Å².